The molecular weight excluding hydrogens is 288 g/mol. The molecule has 5 heteroatoms. The number of hydrogen-bond acceptors (Lipinski definition) is 4. The summed E-state index contributed by atoms with van der Waals surface area (Å²) >= 11 is 0. The van der Waals surface area contributed by atoms with Crippen LogP contribution >= 0.6 is 0 Å². The van der Waals surface area contributed by atoms with Crippen molar-refractivity contribution in [3.63, 3.8) is 0 Å². The van der Waals surface area contributed by atoms with Crippen molar-refractivity contribution in [3.05, 3.63) is 47.7 Å². The molecule has 0 aliphatic rings. The molecule has 0 spiro atoms. The molecule has 122 valence electrons. The van der Waals surface area contributed by atoms with Crippen molar-refractivity contribution in [2.24, 2.45) is 0 Å². The van der Waals surface area contributed by atoms with Crippen molar-refractivity contribution >= 4 is 17.4 Å². The largest absolute Gasteiger partial charge is 0.369 e. The van der Waals surface area contributed by atoms with Gasteiger partial charge in [0.15, 0.2) is 5.69 Å². The zero-order valence-electron chi connectivity index (χ0n) is 14.0. The number of nitrogens with zero attached hydrogens (tertiary/aromatic N) is 3. The van der Waals surface area contributed by atoms with Gasteiger partial charge >= 0.3 is 0 Å². The van der Waals surface area contributed by atoms with Crippen LogP contribution < -0.4 is 10.2 Å². The summed E-state index contributed by atoms with van der Waals surface area (Å²) in [6, 6.07) is 11.4. The van der Waals surface area contributed by atoms with E-state index in [4.69, 9.17) is 0 Å². The number of benzene rings is 1. The third-order valence-electron chi connectivity index (χ3n) is 3.59. The Balaban J connectivity index is 2.11. The van der Waals surface area contributed by atoms with Crippen LogP contribution in [-0.4, -0.2) is 29.2 Å². The number of hydrogen-bond donors (Lipinski definition) is 1. The summed E-state index contributed by atoms with van der Waals surface area (Å²) in [6.45, 7) is 7.55. The van der Waals surface area contributed by atoms with Crippen molar-refractivity contribution in [3.8, 4) is 0 Å². The average molecular weight is 312 g/mol. The van der Waals surface area contributed by atoms with Gasteiger partial charge < -0.3 is 10.2 Å². The van der Waals surface area contributed by atoms with Crippen LogP contribution in [0.25, 0.3) is 0 Å². The van der Waals surface area contributed by atoms with Crippen molar-refractivity contribution in [1.82, 2.24) is 10.2 Å². The van der Waals surface area contributed by atoms with Crippen LogP contribution in [0, 0.1) is 6.92 Å². The second-order valence-corrected chi connectivity index (χ2v) is 5.47. The molecule has 1 heterocycles. The van der Waals surface area contributed by atoms with Gasteiger partial charge in [-0.25, -0.2) is 0 Å². The van der Waals surface area contributed by atoms with Crippen LogP contribution in [0.4, 0.5) is 11.5 Å². The highest BCUT2D eigenvalue weighted by Crippen LogP contribution is 2.18. The molecule has 1 aromatic carbocycles. The first-order valence-corrected chi connectivity index (χ1v) is 8.11. The highest BCUT2D eigenvalue weighted by molar-refractivity contribution is 6.04. The van der Waals surface area contributed by atoms with Crippen LogP contribution in [0.5, 0.6) is 0 Å². The van der Waals surface area contributed by atoms with Crippen LogP contribution in [0.3, 0.4) is 0 Å². The molecule has 23 heavy (non-hydrogen) atoms. The molecule has 0 fully saturated rings. The predicted molar refractivity (Wildman–Crippen MR) is 94.0 cm³/mol. The Bertz CT molecular complexity index is 640. The van der Waals surface area contributed by atoms with E-state index in [-0.39, 0.29) is 5.91 Å². The smallest absolute Gasteiger partial charge is 0.278 e. The molecule has 0 aliphatic carbocycles. The number of aromatic nitrogens is 2. The molecule has 1 N–H and O–H groups in total. The fraction of sp³-hybridized carbons (Fsp3) is 0.389. The number of anilines is 2. The van der Waals surface area contributed by atoms with Crippen LogP contribution in [0.2, 0.25) is 0 Å². The lowest BCUT2D eigenvalue weighted by Crippen LogP contribution is -2.31. The minimum atomic E-state index is -0.134. The molecule has 0 bridgehead atoms. The van der Waals surface area contributed by atoms with Gasteiger partial charge in [-0.1, -0.05) is 25.5 Å². The Morgan fingerprint density at radius 1 is 1.17 bits per heavy atom. The first-order chi connectivity index (χ1) is 11.2. The normalized spacial score (nSPS) is 10.4. The van der Waals surface area contributed by atoms with Crippen LogP contribution in [0.15, 0.2) is 36.4 Å². The summed E-state index contributed by atoms with van der Waals surface area (Å²) < 4.78 is 0. The fourth-order valence-electron chi connectivity index (χ4n) is 2.31. The molecule has 0 saturated carbocycles. The van der Waals surface area contributed by atoms with Gasteiger partial charge in [0.1, 0.15) is 5.82 Å². The molecule has 2 rings (SSSR count). The van der Waals surface area contributed by atoms with Gasteiger partial charge in [-0.2, -0.15) is 0 Å². The summed E-state index contributed by atoms with van der Waals surface area (Å²) in [4.78, 5) is 14.4. The predicted octanol–water partition coefficient (Wildman–Crippen LogP) is 3.66. The molecule has 1 aromatic heterocycles. The van der Waals surface area contributed by atoms with E-state index in [0.29, 0.717) is 18.1 Å². The summed E-state index contributed by atoms with van der Waals surface area (Å²) in [7, 11) is 0. The summed E-state index contributed by atoms with van der Waals surface area (Å²) in [6.07, 6.45) is 2.21. The van der Waals surface area contributed by atoms with Gasteiger partial charge in [0.2, 0.25) is 0 Å². The van der Waals surface area contributed by atoms with Gasteiger partial charge in [-0.05, 0) is 50.1 Å². The van der Waals surface area contributed by atoms with Gasteiger partial charge in [0, 0.05) is 18.8 Å². The molecule has 0 unspecified atom stereocenters. The van der Waals surface area contributed by atoms with Gasteiger partial charge in [-0.3, -0.25) is 4.79 Å². The molecule has 5 nitrogen and oxygen atoms in total. The van der Waals surface area contributed by atoms with E-state index in [2.05, 4.69) is 22.4 Å². The van der Waals surface area contributed by atoms with E-state index >= 15 is 0 Å². The van der Waals surface area contributed by atoms with Crippen molar-refractivity contribution in [2.45, 2.75) is 33.6 Å². The van der Waals surface area contributed by atoms with Crippen molar-refractivity contribution < 1.29 is 4.79 Å². The second-order valence-electron chi connectivity index (χ2n) is 5.47. The van der Waals surface area contributed by atoms with Crippen LogP contribution in [0.1, 0.15) is 42.7 Å². The van der Waals surface area contributed by atoms with Gasteiger partial charge in [0.25, 0.3) is 5.91 Å². The minimum absolute atomic E-state index is 0.134. The van der Waals surface area contributed by atoms with Gasteiger partial charge in [0.05, 0.1) is 0 Å². The maximum Gasteiger partial charge on any atom is 0.278 e. The number of rotatable bonds is 7. The number of nitrogens with one attached hydrogen (secondary N) is 1. The zero-order chi connectivity index (χ0) is 16.7. The van der Waals surface area contributed by atoms with E-state index in [1.54, 1.807) is 17.0 Å². The molecule has 1 amide bonds. The van der Waals surface area contributed by atoms with Crippen LogP contribution in [-0.2, 0) is 0 Å². The Morgan fingerprint density at radius 3 is 2.61 bits per heavy atom. The molecule has 2 aromatic rings. The third kappa shape index (κ3) is 4.52. The highest BCUT2D eigenvalue weighted by atomic mass is 16.2. The standard InChI is InChI=1S/C18H24N4O/c1-4-6-12-19-17-11-10-16(20-21-17)18(23)22(5-2)15-9-7-8-14(3)13-15/h7-11,13H,4-6,12H2,1-3H3,(H,19,21). The van der Waals surface area contributed by atoms with Gasteiger partial charge in [-0.15, -0.1) is 10.2 Å². The Kier molecular flexibility index (Phi) is 6.09. The second kappa shape index (κ2) is 8.27. The van der Waals surface area contributed by atoms with Crippen molar-refractivity contribution in [2.75, 3.05) is 23.3 Å². The monoisotopic (exact) mass is 312 g/mol. The lowest BCUT2D eigenvalue weighted by Gasteiger charge is -2.20. The molecular formula is C18H24N4O. The maximum absolute atomic E-state index is 12.7. The lowest BCUT2D eigenvalue weighted by molar-refractivity contribution is 0.0982. The zero-order valence-corrected chi connectivity index (χ0v) is 14.0. The SMILES string of the molecule is CCCCNc1ccc(C(=O)N(CC)c2cccc(C)c2)nn1. The molecule has 0 aliphatic heterocycles. The number of unbranched alkanes of at least 4 members (excludes halogenated alkanes) is 1. The summed E-state index contributed by atoms with van der Waals surface area (Å²) in [5.41, 5.74) is 2.36. The third-order valence-corrected chi connectivity index (χ3v) is 3.59. The Labute approximate surface area is 137 Å². The first kappa shape index (κ1) is 16.9. The number of carbonyl (C=O) groups is 1. The van der Waals surface area contributed by atoms with E-state index in [9.17, 15) is 4.79 Å². The van der Waals surface area contributed by atoms with Crippen molar-refractivity contribution in [1.29, 1.82) is 0 Å². The quantitative estimate of drug-likeness (QED) is 0.793. The fourth-order valence-corrected chi connectivity index (χ4v) is 2.31. The summed E-state index contributed by atoms with van der Waals surface area (Å²) in [5, 5.41) is 11.4. The van der Waals surface area contributed by atoms with E-state index in [0.717, 1.165) is 30.6 Å². The molecule has 0 atom stereocenters. The molecule has 0 radical (unpaired) electrons. The molecule has 0 saturated heterocycles. The lowest BCUT2D eigenvalue weighted by atomic mass is 10.2. The highest BCUT2D eigenvalue weighted by Gasteiger charge is 2.18. The Hall–Kier alpha value is -2.43. The number of aryl methyl sites for hydroxylation is 1. The van der Waals surface area contributed by atoms with E-state index in [1.165, 1.54) is 0 Å². The first-order valence-electron chi connectivity index (χ1n) is 8.11. The number of amides is 1. The van der Waals surface area contributed by atoms with E-state index < -0.39 is 0 Å². The Morgan fingerprint density at radius 2 is 2.00 bits per heavy atom. The number of carbonyl (C=O) groups excluding carboxylic acids is 1. The average Bonchev–Trinajstić information content (AvgIpc) is 2.56. The minimum Gasteiger partial charge on any atom is -0.369 e. The topological polar surface area (TPSA) is 58.1 Å². The maximum atomic E-state index is 12.7. The van der Waals surface area contributed by atoms with E-state index in [1.807, 2.05) is 38.1 Å². The summed E-state index contributed by atoms with van der Waals surface area (Å²) in [5.74, 6) is 0.569.